The van der Waals surface area contributed by atoms with E-state index in [2.05, 4.69) is 54.7 Å². The standard InChI is InChI=1S/C19H25NO.ClH/c1-3-10-18(16-11-6-5-7-12-16)20-15-17-13-8-9-14-19(17)21-4-2;/h5-9,11-14,18,20H,3-4,10,15H2,1-2H3;1H. The molecular formula is C19H26ClNO. The van der Waals surface area contributed by atoms with Gasteiger partial charge in [-0.15, -0.1) is 12.4 Å². The van der Waals surface area contributed by atoms with E-state index >= 15 is 0 Å². The second-order valence-electron chi connectivity index (χ2n) is 5.17. The van der Waals surface area contributed by atoms with Gasteiger partial charge in [0.2, 0.25) is 0 Å². The van der Waals surface area contributed by atoms with Gasteiger partial charge in [-0.3, -0.25) is 0 Å². The Labute approximate surface area is 140 Å². The first-order chi connectivity index (χ1) is 10.3. The topological polar surface area (TPSA) is 21.3 Å². The zero-order chi connectivity index (χ0) is 14.9. The fraction of sp³-hybridized carbons (Fsp3) is 0.368. The van der Waals surface area contributed by atoms with E-state index in [4.69, 9.17) is 4.74 Å². The van der Waals surface area contributed by atoms with Crippen LogP contribution in [0.5, 0.6) is 5.75 Å². The van der Waals surface area contributed by atoms with Crippen molar-refractivity contribution in [3.05, 3.63) is 65.7 Å². The molecule has 0 radical (unpaired) electrons. The van der Waals surface area contributed by atoms with Gasteiger partial charge in [0, 0.05) is 18.2 Å². The monoisotopic (exact) mass is 319 g/mol. The van der Waals surface area contributed by atoms with Crippen LogP contribution in [0.4, 0.5) is 0 Å². The van der Waals surface area contributed by atoms with Crippen LogP contribution in [-0.2, 0) is 6.54 Å². The van der Waals surface area contributed by atoms with E-state index in [1.807, 2.05) is 19.1 Å². The third-order valence-corrected chi connectivity index (χ3v) is 3.59. The Morgan fingerprint density at radius 2 is 1.64 bits per heavy atom. The van der Waals surface area contributed by atoms with Crippen molar-refractivity contribution in [1.82, 2.24) is 5.32 Å². The van der Waals surface area contributed by atoms with E-state index in [-0.39, 0.29) is 12.4 Å². The molecule has 2 aromatic carbocycles. The molecule has 0 amide bonds. The van der Waals surface area contributed by atoms with Gasteiger partial charge in [-0.2, -0.15) is 0 Å². The van der Waals surface area contributed by atoms with Crippen molar-refractivity contribution in [2.45, 2.75) is 39.3 Å². The zero-order valence-corrected chi connectivity index (χ0v) is 14.2. The normalized spacial score (nSPS) is 11.5. The highest BCUT2D eigenvalue weighted by Gasteiger charge is 2.11. The van der Waals surface area contributed by atoms with Crippen LogP contribution in [0.25, 0.3) is 0 Å². The smallest absolute Gasteiger partial charge is 0.123 e. The highest BCUT2D eigenvalue weighted by atomic mass is 35.5. The van der Waals surface area contributed by atoms with Gasteiger partial charge in [0.1, 0.15) is 5.75 Å². The Morgan fingerprint density at radius 1 is 0.955 bits per heavy atom. The summed E-state index contributed by atoms with van der Waals surface area (Å²) in [5.74, 6) is 0.982. The summed E-state index contributed by atoms with van der Waals surface area (Å²) >= 11 is 0. The maximum atomic E-state index is 5.69. The minimum Gasteiger partial charge on any atom is -0.494 e. The van der Waals surface area contributed by atoms with E-state index in [1.165, 1.54) is 17.5 Å². The summed E-state index contributed by atoms with van der Waals surface area (Å²) in [5, 5.41) is 3.67. The molecule has 0 aliphatic rings. The molecule has 0 saturated carbocycles. The Balaban J connectivity index is 0.00000242. The first kappa shape index (κ1) is 18.5. The molecule has 22 heavy (non-hydrogen) atoms. The molecule has 0 saturated heterocycles. The van der Waals surface area contributed by atoms with Crippen molar-refractivity contribution in [2.75, 3.05) is 6.61 Å². The van der Waals surface area contributed by atoms with Gasteiger partial charge in [-0.05, 0) is 25.0 Å². The first-order valence-corrected chi connectivity index (χ1v) is 7.84. The molecule has 0 aliphatic carbocycles. The lowest BCUT2D eigenvalue weighted by molar-refractivity contribution is 0.334. The molecule has 120 valence electrons. The minimum absolute atomic E-state index is 0. The van der Waals surface area contributed by atoms with E-state index < -0.39 is 0 Å². The molecule has 0 spiro atoms. The van der Waals surface area contributed by atoms with Crippen molar-refractivity contribution in [1.29, 1.82) is 0 Å². The lowest BCUT2D eigenvalue weighted by Crippen LogP contribution is -2.21. The lowest BCUT2D eigenvalue weighted by atomic mass is 10.0. The van der Waals surface area contributed by atoms with Crippen molar-refractivity contribution in [3.63, 3.8) is 0 Å². The molecule has 1 N–H and O–H groups in total. The molecule has 0 aliphatic heterocycles. The average molecular weight is 320 g/mol. The molecule has 0 bridgehead atoms. The zero-order valence-electron chi connectivity index (χ0n) is 13.4. The second kappa shape index (κ2) is 10.3. The van der Waals surface area contributed by atoms with E-state index in [0.717, 1.165) is 18.7 Å². The summed E-state index contributed by atoms with van der Waals surface area (Å²) in [4.78, 5) is 0. The summed E-state index contributed by atoms with van der Waals surface area (Å²) in [5.41, 5.74) is 2.57. The predicted octanol–water partition coefficient (Wildman–Crippen LogP) is 5.14. The fourth-order valence-corrected chi connectivity index (χ4v) is 2.54. The van der Waals surface area contributed by atoms with Gasteiger partial charge in [-0.1, -0.05) is 61.9 Å². The van der Waals surface area contributed by atoms with Crippen LogP contribution < -0.4 is 10.1 Å². The molecule has 0 fully saturated rings. The van der Waals surface area contributed by atoms with Crippen molar-refractivity contribution in [2.24, 2.45) is 0 Å². The van der Waals surface area contributed by atoms with Crippen LogP contribution >= 0.6 is 12.4 Å². The second-order valence-corrected chi connectivity index (χ2v) is 5.17. The SMILES string of the molecule is CCCC(NCc1ccccc1OCC)c1ccccc1.Cl. The highest BCUT2D eigenvalue weighted by Crippen LogP contribution is 2.22. The largest absolute Gasteiger partial charge is 0.494 e. The number of ether oxygens (including phenoxy) is 1. The van der Waals surface area contributed by atoms with Crippen molar-refractivity contribution < 1.29 is 4.74 Å². The average Bonchev–Trinajstić information content (AvgIpc) is 2.54. The number of hydrogen-bond donors (Lipinski definition) is 1. The van der Waals surface area contributed by atoms with E-state index in [1.54, 1.807) is 0 Å². The van der Waals surface area contributed by atoms with Gasteiger partial charge in [0.15, 0.2) is 0 Å². The van der Waals surface area contributed by atoms with Crippen LogP contribution in [0.15, 0.2) is 54.6 Å². The molecule has 1 unspecified atom stereocenters. The van der Waals surface area contributed by atoms with Crippen LogP contribution in [-0.4, -0.2) is 6.61 Å². The van der Waals surface area contributed by atoms with Crippen LogP contribution in [0, 0.1) is 0 Å². The quantitative estimate of drug-likeness (QED) is 0.727. The van der Waals surface area contributed by atoms with Crippen molar-refractivity contribution >= 4 is 12.4 Å². The molecule has 2 nitrogen and oxygen atoms in total. The molecule has 2 rings (SSSR count). The minimum atomic E-state index is 0. The summed E-state index contributed by atoms with van der Waals surface area (Å²) < 4.78 is 5.69. The first-order valence-electron chi connectivity index (χ1n) is 7.84. The van der Waals surface area contributed by atoms with Gasteiger partial charge in [0.25, 0.3) is 0 Å². The molecule has 3 heteroatoms. The van der Waals surface area contributed by atoms with Gasteiger partial charge in [0.05, 0.1) is 6.61 Å². The molecule has 0 heterocycles. The third-order valence-electron chi connectivity index (χ3n) is 3.59. The molecule has 0 aromatic heterocycles. The Bertz CT molecular complexity index is 530. The molecule has 1 atom stereocenters. The Hall–Kier alpha value is -1.51. The van der Waals surface area contributed by atoms with E-state index in [9.17, 15) is 0 Å². The van der Waals surface area contributed by atoms with Gasteiger partial charge < -0.3 is 10.1 Å². The molecular weight excluding hydrogens is 294 g/mol. The Morgan fingerprint density at radius 3 is 2.32 bits per heavy atom. The summed E-state index contributed by atoms with van der Waals surface area (Å²) in [7, 11) is 0. The lowest BCUT2D eigenvalue weighted by Gasteiger charge is -2.19. The number of halogens is 1. The third kappa shape index (κ3) is 5.36. The van der Waals surface area contributed by atoms with Crippen molar-refractivity contribution in [3.8, 4) is 5.75 Å². The fourth-order valence-electron chi connectivity index (χ4n) is 2.54. The van der Waals surface area contributed by atoms with Gasteiger partial charge in [-0.25, -0.2) is 0 Å². The number of benzene rings is 2. The van der Waals surface area contributed by atoms with Crippen LogP contribution in [0.2, 0.25) is 0 Å². The maximum Gasteiger partial charge on any atom is 0.123 e. The number of para-hydroxylation sites is 1. The Kier molecular flexibility index (Phi) is 8.64. The number of hydrogen-bond acceptors (Lipinski definition) is 2. The maximum absolute atomic E-state index is 5.69. The summed E-state index contributed by atoms with van der Waals surface area (Å²) in [6.45, 7) is 5.78. The molecule has 2 aromatic rings. The van der Waals surface area contributed by atoms with Crippen LogP contribution in [0.1, 0.15) is 43.9 Å². The van der Waals surface area contributed by atoms with E-state index in [0.29, 0.717) is 12.6 Å². The predicted molar refractivity (Wildman–Crippen MR) is 95.8 cm³/mol. The summed E-state index contributed by atoms with van der Waals surface area (Å²) in [6.07, 6.45) is 2.31. The summed E-state index contributed by atoms with van der Waals surface area (Å²) in [6, 6.07) is 19.3. The van der Waals surface area contributed by atoms with Gasteiger partial charge >= 0.3 is 0 Å². The number of rotatable bonds is 8. The van der Waals surface area contributed by atoms with Crippen LogP contribution in [0.3, 0.4) is 0 Å². The highest BCUT2D eigenvalue weighted by molar-refractivity contribution is 5.85. The number of nitrogens with one attached hydrogen (secondary N) is 1.